The molecule has 0 bridgehead atoms. The van der Waals surface area contributed by atoms with Crippen molar-refractivity contribution in [3.05, 3.63) is 0 Å². The van der Waals surface area contributed by atoms with Gasteiger partial charge < -0.3 is 5.73 Å². The molecule has 0 saturated carbocycles. The molecule has 0 unspecified atom stereocenters. The summed E-state index contributed by atoms with van der Waals surface area (Å²) in [7, 11) is 0. The van der Waals surface area contributed by atoms with Crippen LogP contribution in [0.5, 0.6) is 0 Å². The molecule has 0 amide bonds. The first-order valence-electron chi connectivity index (χ1n) is 3.06. The van der Waals surface area contributed by atoms with Crippen molar-refractivity contribution in [2.45, 2.75) is 0 Å². The molecule has 0 aliphatic carbocycles. The van der Waals surface area contributed by atoms with E-state index in [-0.39, 0.29) is 0 Å². The van der Waals surface area contributed by atoms with Gasteiger partial charge in [-0.3, -0.25) is 4.79 Å². The number of carbonyl (C=O) groups excluding carboxylic acids is 1. The standard InChI is InChI=1S/C11H3NO/c12-10-8-6-4-2-1-3-5-7-9-11-13/h11H,12H2. The van der Waals surface area contributed by atoms with Gasteiger partial charge in [0.25, 0.3) is 0 Å². The smallest absolute Gasteiger partial charge is 0.193 e. The molecule has 0 atom stereocenters. The lowest BCUT2D eigenvalue weighted by Gasteiger charge is -1.55. The third-order valence-electron chi connectivity index (χ3n) is 0.641. The average Bonchev–Trinajstić information content (AvgIpc) is 2.16. The highest BCUT2D eigenvalue weighted by atomic mass is 16.1. The highest BCUT2D eigenvalue weighted by molar-refractivity contribution is 5.73. The largest absolute Gasteiger partial charge is 0.359 e. The Labute approximate surface area is 76.9 Å². The van der Waals surface area contributed by atoms with Crippen LogP contribution in [-0.4, -0.2) is 6.29 Å². The van der Waals surface area contributed by atoms with Crippen LogP contribution in [0, 0.1) is 59.3 Å². The van der Waals surface area contributed by atoms with Crippen LogP contribution >= 0.6 is 0 Å². The molecule has 2 heteroatoms. The van der Waals surface area contributed by atoms with Crippen LogP contribution in [-0.2, 0) is 4.79 Å². The number of carbonyl (C=O) groups is 1. The molecule has 0 aliphatic heterocycles. The van der Waals surface area contributed by atoms with Gasteiger partial charge in [-0.25, -0.2) is 0 Å². The summed E-state index contributed by atoms with van der Waals surface area (Å²) < 4.78 is 0. The van der Waals surface area contributed by atoms with Gasteiger partial charge in [-0.15, -0.1) is 0 Å². The molecule has 2 nitrogen and oxygen atoms in total. The van der Waals surface area contributed by atoms with E-state index >= 15 is 0 Å². The lowest BCUT2D eigenvalue weighted by Crippen LogP contribution is -1.73. The molecule has 0 aromatic rings. The number of aldehydes is 1. The van der Waals surface area contributed by atoms with Crippen molar-refractivity contribution in [3.63, 3.8) is 0 Å². The quantitative estimate of drug-likeness (QED) is 0.288. The Morgan fingerprint density at radius 2 is 1.23 bits per heavy atom. The Kier molecular flexibility index (Phi) is 7.32. The minimum atomic E-state index is 0.457. The summed E-state index contributed by atoms with van der Waals surface area (Å²) >= 11 is 0. The summed E-state index contributed by atoms with van der Waals surface area (Å²) in [6, 6.07) is 2.10. The van der Waals surface area contributed by atoms with E-state index in [4.69, 9.17) is 5.73 Å². The van der Waals surface area contributed by atoms with Crippen molar-refractivity contribution in [1.29, 1.82) is 0 Å². The van der Waals surface area contributed by atoms with Crippen molar-refractivity contribution in [2.75, 3.05) is 0 Å². The summed E-state index contributed by atoms with van der Waals surface area (Å²) in [5.41, 5.74) is 4.83. The van der Waals surface area contributed by atoms with E-state index in [1.807, 2.05) is 0 Å². The molecule has 13 heavy (non-hydrogen) atoms. The normalized spacial score (nSPS) is 4.00. The maximum atomic E-state index is 9.69. The fourth-order valence-corrected chi connectivity index (χ4v) is 0.289. The van der Waals surface area contributed by atoms with Gasteiger partial charge in [-0.05, 0) is 29.6 Å². The zero-order chi connectivity index (χ0) is 9.78. The second-order valence-corrected chi connectivity index (χ2v) is 1.41. The summed E-state index contributed by atoms with van der Waals surface area (Å²) in [4.78, 5) is 9.69. The fraction of sp³-hybridized carbons (Fsp3) is 0. The molecule has 0 radical (unpaired) electrons. The lowest BCUT2D eigenvalue weighted by molar-refractivity contribution is -0.103. The second kappa shape index (κ2) is 9.27. The molecule has 0 spiro atoms. The Morgan fingerprint density at radius 3 is 1.69 bits per heavy atom. The van der Waals surface area contributed by atoms with E-state index in [9.17, 15) is 4.79 Å². The fourth-order valence-electron chi connectivity index (χ4n) is 0.289. The maximum Gasteiger partial charge on any atom is 0.193 e. The van der Waals surface area contributed by atoms with Gasteiger partial charge in [0.15, 0.2) is 6.29 Å². The maximum absolute atomic E-state index is 9.69. The van der Waals surface area contributed by atoms with Gasteiger partial charge in [0, 0.05) is 29.7 Å². The summed E-state index contributed by atoms with van der Waals surface area (Å²) in [5, 5.41) is 0. The van der Waals surface area contributed by atoms with Crippen molar-refractivity contribution < 1.29 is 4.79 Å². The van der Waals surface area contributed by atoms with Gasteiger partial charge in [-0.1, -0.05) is 0 Å². The first-order chi connectivity index (χ1) is 6.41. The molecular formula is C11H3NO. The minimum absolute atomic E-state index is 0.457. The summed E-state index contributed by atoms with van der Waals surface area (Å²) in [6.07, 6.45) is 0.457. The van der Waals surface area contributed by atoms with E-state index in [2.05, 4.69) is 59.3 Å². The van der Waals surface area contributed by atoms with Gasteiger partial charge >= 0.3 is 0 Å². The first kappa shape index (κ1) is 10.3. The van der Waals surface area contributed by atoms with Gasteiger partial charge in [0.1, 0.15) is 0 Å². The molecule has 2 N–H and O–H groups in total. The van der Waals surface area contributed by atoms with Crippen LogP contribution in [0.3, 0.4) is 0 Å². The topological polar surface area (TPSA) is 43.1 Å². The van der Waals surface area contributed by atoms with Gasteiger partial charge in [0.2, 0.25) is 0 Å². The number of nitrogens with two attached hydrogens (primary N) is 1. The van der Waals surface area contributed by atoms with Crippen LogP contribution in [0.25, 0.3) is 0 Å². The SMILES string of the molecule is NC#CC#CC#CC#CC#CC=O. The Bertz CT molecular complexity index is 473. The van der Waals surface area contributed by atoms with Crippen LogP contribution in [0.4, 0.5) is 0 Å². The zero-order valence-corrected chi connectivity index (χ0v) is 6.56. The summed E-state index contributed by atoms with van der Waals surface area (Å²) in [5.74, 6) is 20.9. The molecule has 0 heterocycles. The number of rotatable bonds is 0. The molecule has 0 fully saturated rings. The average molecular weight is 165 g/mol. The Hall–Kier alpha value is -2.73. The zero-order valence-electron chi connectivity index (χ0n) is 6.56. The van der Waals surface area contributed by atoms with Crippen molar-refractivity contribution >= 4 is 6.29 Å². The monoisotopic (exact) mass is 165 g/mol. The Balaban J connectivity index is 4.11. The van der Waals surface area contributed by atoms with Crippen LogP contribution in [0.15, 0.2) is 0 Å². The predicted octanol–water partition coefficient (Wildman–Crippen LogP) is -0.881. The molecule has 0 aromatic carbocycles. The number of hydrogen-bond donors (Lipinski definition) is 1. The lowest BCUT2D eigenvalue weighted by atomic mass is 10.5. The van der Waals surface area contributed by atoms with Crippen molar-refractivity contribution in [1.82, 2.24) is 0 Å². The van der Waals surface area contributed by atoms with Crippen LogP contribution < -0.4 is 5.73 Å². The van der Waals surface area contributed by atoms with Crippen molar-refractivity contribution in [2.24, 2.45) is 5.73 Å². The third kappa shape index (κ3) is 9.27. The first-order valence-corrected chi connectivity index (χ1v) is 3.06. The second-order valence-electron chi connectivity index (χ2n) is 1.41. The van der Waals surface area contributed by atoms with Crippen LogP contribution in [0.2, 0.25) is 0 Å². The van der Waals surface area contributed by atoms with E-state index in [1.54, 1.807) is 0 Å². The minimum Gasteiger partial charge on any atom is -0.359 e. The van der Waals surface area contributed by atoms with E-state index in [0.717, 1.165) is 0 Å². The molecule has 0 aliphatic rings. The number of hydrogen-bond acceptors (Lipinski definition) is 2. The van der Waals surface area contributed by atoms with Gasteiger partial charge in [-0.2, -0.15) is 0 Å². The molecule has 58 valence electrons. The molecule has 0 saturated heterocycles. The van der Waals surface area contributed by atoms with E-state index < -0.39 is 0 Å². The molecule has 0 rings (SSSR count). The van der Waals surface area contributed by atoms with Crippen LogP contribution in [0.1, 0.15) is 0 Å². The highest BCUT2D eigenvalue weighted by Crippen LogP contribution is 1.54. The van der Waals surface area contributed by atoms with Gasteiger partial charge in [0.05, 0.1) is 0 Å². The third-order valence-corrected chi connectivity index (χ3v) is 0.641. The van der Waals surface area contributed by atoms with E-state index in [0.29, 0.717) is 6.29 Å². The van der Waals surface area contributed by atoms with Crippen molar-refractivity contribution in [3.8, 4) is 59.3 Å². The molecule has 0 aromatic heterocycles. The highest BCUT2D eigenvalue weighted by Gasteiger charge is 1.56. The summed E-state index contributed by atoms with van der Waals surface area (Å²) in [6.45, 7) is 0. The molecular weight excluding hydrogens is 162 g/mol. The Morgan fingerprint density at radius 1 is 0.769 bits per heavy atom. The van der Waals surface area contributed by atoms with E-state index in [1.165, 1.54) is 0 Å². The predicted molar refractivity (Wildman–Crippen MR) is 49.1 cm³/mol.